The molecule has 0 N–H and O–H groups in total. The van der Waals surface area contributed by atoms with Crippen molar-refractivity contribution >= 4 is 5.78 Å². The van der Waals surface area contributed by atoms with Gasteiger partial charge in [0.15, 0.2) is 5.78 Å². The van der Waals surface area contributed by atoms with Crippen molar-refractivity contribution in [1.82, 2.24) is 0 Å². The number of benzene rings is 2. The quantitative estimate of drug-likeness (QED) is 0.718. The van der Waals surface area contributed by atoms with Gasteiger partial charge in [-0.25, -0.2) is 0 Å². The summed E-state index contributed by atoms with van der Waals surface area (Å²) in [6.07, 6.45) is 1.08. The highest BCUT2D eigenvalue weighted by Gasteiger charge is 2.18. The Balaban J connectivity index is 2.29. The van der Waals surface area contributed by atoms with E-state index in [2.05, 4.69) is 32.9 Å². The molecule has 2 aromatic rings. The Morgan fingerprint density at radius 3 is 2.20 bits per heavy atom. The van der Waals surface area contributed by atoms with Gasteiger partial charge in [-0.05, 0) is 30.4 Å². The molecule has 0 radical (unpaired) electrons. The maximum atomic E-state index is 12.4. The van der Waals surface area contributed by atoms with Crippen LogP contribution in [0.4, 0.5) is 0 Å². The Hall–Kier alpha value is -1.89. The van der Waals surface area contributed by atoms with Crippen LogP contribution in [0.2, 0.25) is 0 Å². The number of carbonyl (C=O) groups is 1. The van der Waals surface area contributed by atoms with Gasteiger partial charge in [-0.1, -0.05) is 68.8 Å². The van der Waals surface area contributed by atoms with Crippen LogP contribution in [0, 0.1) is 6.92 Å². The largest absolute Gasteiger partial charge is 0.289 e. The van der Waals surface area contributed by atoms with Gasteiger partial charge in [-0.3, -0.25) is 4.79 Å². The Labute approximate surface area is 121 Å². The molecule has 1 nitrogen and oxygen atoms in total. The lowest BCUT2D eigenvalue weighted by Crippen LogP contribution is -2.15. The zero-order valence-electron chi connectivity index (χ0n) is 12.7. The lowest BCUT2D eigenvalue weighted by molar-refractivity contribution is 0.103. The molecule has 0 aliphatic heterocycles. The minimum Gasteiger partial charge on any atom is -0.289 e. The van der Waals surface area contributed by atoms with Crippen LogP contribution in [0.1, 0.15) is 54.2 Å². The van der Waals surface area contributed by atoms with E-state index in [0.29, 0.717) is 0 Å². The summed E-state index contributed by atoms with van der Waals surface area (Å²) in [5.41, 5.74) is 4.06. The second kappa shape index (κ2) is 5.62. The fourth-order valence-corrected chi connectivity index (χ4v) is 2.23. The van der Waals surface area contributed by atoms with Crippen LogP contribution >= 0.6 is 0 Å². The highest BCUT2D eigenvalue weighted by atomic mass is 16.1. The lowest BCUT2D eigenvalue weighted by Gasteiger charge is -2.23. The van der Waals surface area contributed by atoms with Crippen LogP contribution < -0.4 is 0 Å². The highest BCUT2D eigenvalue weighted by molar-refractivity contribution is 6.09. The molecule has 2 rings (SSSR count). The molecule has 0 spiro atoms. The van der Waals surface area contributed by atoms with Crippen molar-refractivity contribution in [2.75, 3.05) is 0 Å². The molecule has 0 saturated heterocycles. The first-order valence-corrected chi connectivity index (χ1v) is 7.16. The number of carbonyl (C=O) groups excluding carboxylic acids is 1. The van der Waals surface area contributed by atoms with Crippen molar-refractivity contribution in [1.29, 1.82) is 0 Å². The van der Waals surface area contributed by atoms with Crippen LogP contribution in [0.3, 0.4) is 0 Å². The predicted molar refractivity (Wildman–Crippen MR) is 84.4 cm³/mol. The van der Waals surface area contributed by atoms with Gasteiger partial charge in [0.2, 0.25) is 0 Å². The molecule has 2 aromatic carbocycles. The summed E-state index contributed by atoms with van der Waals surface area (Å²) in [6.45, 7) is 8.64. The highest BCUT2D eigenvalue weighted by Crippen LogP contribution is 2.27. The number of ketones is 1. The van der Waals surface area contributed by atoms with Crippen molar-refractivity contribution in [2.24, 2.45) is 0 Å². The Morgan fingerprint density at radius 1 is 1.00 bits per heavy atom. The molecule has 20 heavy (non-hydrogen) atoms. The number of hydrogen-bond acceptors (Lipinski definition) is 1. The standard InChI is InChI=1S/C19H22O/c1-5-19(3,4)17-11-9-15(10-12-17)18(20)16-8-6-7-14(2)13-16/h6-13H,5H2,1-4H3. The molecule has 0 amide bonds. The van der Waals surface area contributed by atoms with Gasteiger partial charge in [0.25, 0.3) is 0 Å². The van der Waals surface area contributed by atoms with Gasteiger partial charge in [0, 0.05) is 11.1 Å². The molecule has 0 aliphatic carbocycles. The van der Waals surface area contributed by atoms with E-state index in [9.17, 15) is 4.79 Å². The average Bonchev–Trinajstić information content (AvgIpc) is 2.46. The molecular weight excluding hydrogens is 244 g/mol. The van der Waals surface area contributed by atoms with Crippen LogP contribution in [0.25, 0.3) is 0 Å². The van der Waals surface area contributed by atoms with Gasteiger partial charge in [0.05, 0.1) is 0 Å². The fraction of sp³-hybridized carbons (Fsp3) is 0.316. The van der Waals surface area contributed by atoms with Crippen LogP contribution in [-0.2, 0) is 5.41 Å². The third-order valence-electron chi connectivity index (χ3n) is 4.09. The molecule has 0 aromatic heterocycles. The van der Waals surface area contributed by atoms with Gasteiger partial charge >= 0.3 is 0 Å². The van der Waals surface area contributed by atoms with E-state index in [1.165, 1.54) is 5.56 Å². The third kappa shape index (κ3) is 2.98. The zero-order chi connectivity index (χ0) is 14.8. The van der Waals surface area contributed by atoms with Gasteiger partial charge in [-0.2, -0.15) is 0 Å². The van der Waals surface area contributed by atoms with E-state index in [1.807, 2.05) is 43.3 Å². The van der Waals surface area contributed by atoms with Crippen molar-refractivity contribution < 1.29 is 4.79 Å². The minimum atomic E-state index is 0.0922. The third-order valence-corrected chi connectivity index (χ3v) is 4.09. The monoisotopic (exact) mass is 266 g/mol. The summed E-state index contributed by atoms with van der Waals surface area (Å²) in [7, 11) is 0. The first kappa shape index (κ1) is 14.5. The molecule has 0 fully saturated rings. The van der Waals surface area contributed by atoms with Crippen molar-refractivity contribution in [3.05, 3.63) is 70.8 Å². The Kier molecular flexibility index (Phi) is 4.08. The van der Waals surface area contributed by atoms with Crippen molar-refractivity contribution in [3.63, 3.8) is 0 Å². The minimum absolute atomic E-state index is 0.0922. The number of hydrogen-bond donors (Lipinski definition) is 0. The summed E-state index contributed by atoms with van der Waals surface area (Å²) in [6, 6.07) is 15.8. The molecule has 1 heteroatoms. The first-order chi connectivity index (χ1) is 9.44. The second-order valence-electron chi connectivity index (χ2n) is 6.01. The molecule has 0 saturated carbocycles. The van der Waals surface area contributed by atoms with Crippen LogP contribution in [-0.4, -0.2) is 5.78 Å². The number of aryl methyl sites for hydroxylation is 1. The molecule has 0 unspecified atom stereocenters. The molecule has 0 aliphatic rings. The van der Waals surface area contributed by atoms with E-state index in [1.54, 1.807) is 0 Å². The molecule has 0 heterocycles. The van der Waals surface area contributed by atoms with E-state index < -0.39 is 0 Å². The van der Waals surface area contributed by atoms with Gasteiger partial charge in [-0.15, -0.1) is 0 Å². The lowest BCUT2D eigenvalue weighted by atomic mass is 9.82. The van der Waals surface area contributed by atoms with E-state index in [4.69, 9.17) is 0 Å². The normalized spacial score (nSPS) is 11.4. The number of rotatable bonds is 4. The summed E-state index contributed by atoms with van der Waals surface area (Å²) < 4.78 is 0. The Morgan fingerprint density at radius 2 is 1.65 bits per heavy atom. The zero-order valence-corrected chi connectivity index (χ0v) is 12.7. The summed E-state index contributed by atoms with van der Waals surface area (Å²) in [5, 5.41) is 0. The maximum absolute atomic E-state index is 12.4. The Bertz CT molecular complexity index is 606. The summed E-state index contributed by atoms with van der Waals surface area (Å²) in [4.78, 5) is 12.4. The maximum Gasteiger partial charge on any atom is 0.193 e. The average molecular weight is 266 g/mol. The van der Waals surface area contributed by atoms with E-state index in [0.717, 1.165) is 23.1 Å². The smallest absolute Gasteiger partial charge is 0.193 e. The SMILES string of the molecule is CCC(C)(C)c1ccc(C(=O)c2cccc(C)c2)cc1. The van der Waals surface area contributed by atoms with Crippen molar-refractivity contribution in [3.8, 4) is 0 Å². The second-order valence-corrected chi connectivity index (χ2v) is 6.01. The molecule has 0 bridgehead atoms. The summed E-state index contributed by atoms with van der Waals surface area (Å²) in [5.74, 6) is 0.0922. The topological polar surface area (TPSA) is 17.1 Å². The van der Waals surface area contributed by atoms with Gasteiger partial charge < -0.3 is 0 Å². The van der Waals surface area contributed by atoms with E-state index >= 15 is 0 Å². The molecule has 0 atom stereocenters. The molecule has 104 valence electrons. The van der Waals surface area contributed by atoms with Crippen LogP contribution in [0.15, 0.2) is 48.5 Å². The van der Waals surface area contributed by atoms with Gasteiger partial charge in [0.1, 0.15) is 0 Å². The summed E-state index contributed by atoms with van der Waals surface area (Å²) >= 11 is 0. The van der Waals surface area contributed by atoms with E-state index in [-0.39, 0.29) is 11.2 Å². The van der Waals surface area contributed by atoms with Crippen LogP contribution in [0.5, 0.6) is 0 Å². The fourth-order valence-electron chi connectivity index (χ4n) is 2.23. The van der Waals surface area contributed by atoms with Crippen molar-refractivity contribution in [2.45, 2.75) is 39.5 Å². The molecular formula is C19H22O. The predicted octanol–water partition coefficient (Wildman–Crippen LogP) is 4.91. The first-order valence-electron chi connectivity index (χ1n) is 7.16.